The fourth-order valence-electron chi connectivity index (χ4n) is 2.29. The molecule has 24 heavy (non-hydrogen) atoms. The molecule has 1 atom stereocenters. The van der Waals surface area contributed by atoms with Crippen molar-refractivity contribution in [3.63, 3.8) is 0 Å². The van der Waals surface area contributed by atoms with E-state index in [1.807, 2.05) is 37.0 Å². The van der Waals surface area contributed by atoms with E-state index in [1.54, 1.807) is 6.92 Å². The number of benzene rings is 1. The van der Waals surface area contributed by atoms with Crippen LogP contribution in [-0.4, -0.2) is 53.8 Å². The molecule has 0 aliphatic carbocycles. The summed E-state index contributed by atoms with van der Waals surface area (Å²) >= 11 is 1.88. The number of carboxylic acid groups (broad SMARTS) is 1. The van der Waals surface area contributed by atoms with Gasteiger partial charge in [0.1, 0.15) is 0 Å². The van der Waals surface area contributed by atoms with Crippen LogP contribution in [0.1, 0.15) is 31.7 Å². The molecule has 1 amide bonds. The first-order valence-corrected chi connectivity index (χ1v) is 9.48. The zero-order valence-corrected chi connectivity index (χ0v) is 15.3. The zero-order valence-electron chi connectivity index (χ0n) is 14.5. The summed E-state index contributed by atoms with van der Waals surface area (Å²) in [5.41, 5.74) is 1.32. The SMILES string of the molecule is CCC(=O)NC(CCC(=O)O)CN(C)CCSCc1ccccc1. The molecule has 0 aromatic heterocycles. The van der Waals surface area contributed by atoms with Gasteiger partial charge in [-0.1, -0.05) is 37.3 Å². The molecule has 1 aromatic carbocycles. The molecule has 1 aromatic rings. The molecule has 0 radical (unpaired) electrons. The number of hydrogen-bond donors (Lipinski definition) is 2. The van der Waals surface area contributed by atoms with Gasteiger partial charge in [-0.25, -0.2) is 0 Å². The van der Waals surface area contributed by atoms with E-state index in [1.165, 1.54) is 5.56 Å². The first-order valence-electron chi connectivity index (χ1n) is 8.32. The second kappa shape index (κ2) is 11.9. The minimum absolute atomic E-state index is 0.0303. The third-order valence-corrected chi connectivity index (χ3v) is 4.66. The summed E-state index contributed by atoms with van der Waals surface area (Å²) in [5, 5.41) is 11.8. The fraction of sp³-hybridized carbons (Fsp3) is 0.556. The van der Waals surface area contributed by atoms with Gasteiger partial charge in [-0.15, -0.1) is 0 Å². The number of nitrogens with one attached hydrogen (secondary N) is 1. The van der Waals surface area contributed by atoms with Crippen molar-refractivity contribution >= 4 is 23.6 Å². The standard InChI is InChI=1S/C18H28N2O3S/c1-3-17(21)19-16(9-10-18(22)23)13-20(2)11-12-24-14-15-7-5-4-6-8-15/h4-8,16H,3,9-14H2,1-2H3,(H,19,21)(H,22,23). The Morgan fingerprint density at radius 3 is 2.62 bits per heavy atom. The third-order valence-electron chi connectivity index (χ3n) is 3.65. The largest absolute Gasteiger partial charge is 0.481 e. The molecule has 1 rings (SSSR count). The quantitative estimate of drug-likeness (QED) is 0.566. The number of amides is 1. The maximum Gasteiger partial charge on any atom is 0.303 e. The van der Waals surface area contributed by atoms with Crippen LogP contribution in [0, 0.1) is 0 Å². The maximum atomic E-state index is 11.6. The summed E-state index contributed by atoms with van der Waals surface area (Å²) in [6, 6.07) is 10.2. The number of rotatable bonds is 12. The van der Waals surface area contributed by atoms with E-state index in [2.05, 4.69) is 22.3 Å². The molecular formula is C18H28N2O3S. The van der Waals surface area contributed by atoms with E-state index in [9.17, 15) is 9.59 Å². The number of carboxylic acids is 1. The lowest BCUT2D eigenvalue weighted by Gasteiger charge is -2.24. The average molecular weight is 353 g/mol. The highest BCUT2D eigenvalue weighted by Crippen LogP contribution is 2.11. The van der Waals surface area contributed by atoms with E-state index in [0.29, 0.717) is 19.4 Å². The first kappa shape index (κ1) is 20.5. The van der Waals surface area contributed by atoms with Crippen molar-refractivity contribution in [2.45, 2.75) is 38.0 Å². The van der Waals surface area contributed by atoms with Gasteiger partial charge < -0.3 is 15.3 Å². The van der Waals surface area contributed by atoms with Crippen LogP contribution in [0.25, 0.3) is 0 Å². The number of carbonyl (C=O) groups excluding carboxylic acids is 1. The highest BCUT2D eigenvalue weighted by atomic mass is 32.2. The normalized spacial score (nSPS) is 12.1. The summed E-state index contributed by atoms with van der Waals surface area (Å²) in [7, 11) is 2.01. The highest BCUT2D eigenvalue weighted by molar-refractivity contribution is 7.98. The molecule has 0 bridgehead atoms. The highest BCUT2D eigenvalue weighted by Gasteiger charge is 2.15. The average Bonchev–Trinajstić information content (AvgIpc) is 2.57. The Morgan fingerprint density at radius 2 is 2.00 bits per heavy atom. The lowest BCUT2D eigenvalue weighted by atomic mass is 10.1. The van der Waals surface area contributed by atoms with Crippen LogP contribution >= 0.6 is 11.8 Å². The first-order chi connectivity index (χ1) is 11.5. The molecular weight excluding hydrogens is 324 g/mol. The minimum Gasteiger partial charge on any atom is -0.481 e. The lowest BCUT2D eigenvalue weighted by Crippen LogP contribution is -2.43. The monoisotopic (exact) mass is 352 g/mol. The Kier molecular flexibility index (Phi) is 10.2. The Hall–Kier alpha value is -1.53. The van der Waals surface area contributed by atoms with Crippen molar-refractivity contribution in [1.29, 1.82) is 0 Å². The molecule has 0 spiro atoms. The smallest absolute Gasteiger partial charge is 0.303 e. The number of thioether (sulfide) groups is 1. The molecule has 0 heterocycles. The van der Waals surface area contributed by atoms with Gasteiger partial charge in [-0.3, -0.25) is 9.59 Å². The second-order valence-electron chi connectivity index (χ2n) is 5.85. The van der Waals surface area contributed by atoms with Crippen LogP contribution in [-0.2, 0) is 15.3 Å². The van der Waals surface area contributed by atoms with E-state index in [0.717, 1.165) is 18.1 Å². The van der Waals surface area contributed by atoms with Gasteiger partial charge in [0.25, 0.3) is 0 Å². The van der Waals surface area contributed by atoms with E-state index in [-0.39, 0.29) is 18.4 Å². The molecule has 6 heteroatoms. The Labute approximate surface area is 148 Å². The van der Waals surface area contributed by atoms with Gasteiger partial charge in [0.05, 0.1) is 0 Å². The molecule has 0 saturated carbocycles. The second-order valence-corrected chi connectivity index (χ2v) is 6.96. The Bertz CT molecular complexity index is 496. The molecule has 2 N–H and O–H groups in total. The predicted molar refractivity (Wildman–Crippen MR) is 99.2 cm³/mol. The molecule has 0 aliphatic rings. The maximum absolute atomic E-state index is 11.6. The lowest BCUT2D eigenvalue weighted by molar-refractivity contribution is -0.137. The van der Waals surface area contributed by atoms with Gasteiger partial charge in [0.2, 0.25) is 5.91 Å². The van der Waals surface area contributed by atoms with Crippen LogP contribution in [0.5, 0.6) is 0 Å². The fourth-order valence-corrected chi connectivity index (χ4v) is 3.30. The van der Waals surface area contributed by atoms with Crippen molar-refractivity contribution in [3.05, 3.63) is 35.9 Å². The van der Waals surface area contributed by atoms with Crippen LogP contribution < -0.4 is 5.32 Å². The van der Waals surface area contributed by atoms with Crippen LogP contribution in [0.4, 0.5) is 0 Å². The topological polar surface area (TPSA) is 69.6 Å². The molecule has 0 fully saturated rings. The molecule has 1 unspecified atom stereocenters. The van der Waals surface area contributed by atoms with Crippen molar-refractivity contribution in [2.24, 2.45) is 0 Å². The summed E-state index contributed by atoms with van der Waals surface area (Å²) in [6.45, 7) is 3.38. The van der Waals surface area contributed by atoms with Crippen LogP contribution in [0.15, 0.2) is 30.3 Å². The van der Waals surface area contributed by atoms with Crippen LogP contribution in [0.2, 0.25) is 0 Å². The number of carbonyl (C=O) groups is 2. The van der Waals surface area contributed by atoms with E-state index in [4.69, 9.17) is 5.11 Å². The van der Waals surface area contributed by atoms with E-state index >= 15 is 0 Å². The van der Waals surface area contributed by atoms with Crippen molar-refractivity contribution < 1.29 is 14.7 Å². The zero-order chi connectivity index (χ0) is 17.8. The Balaban J connectivity index is 2.30. The molecule has 5 nitrogen and oxygen atoms in total. The third kappa shape index (κ3) is 9.57. The summed E-state index contributed by atoms with van der Waals surface area (Å²) < 4.78 is 0. The predicted octanol–water partition coefficient (Wildman–Crippen LogP) is 2.61. The summed E-state index contributed by atoms with van der Waals surface area (Å²) in [5.74, 6) is 1.13. The number of nitrogens with zero attached hydrogens (tertiary/aromatic N) is 1. The number of likely N-dealkylation sites (N-methyl/N-ethyl adjacent to an activating group) is 1. The van der Waals surface area contributed by atoms with E-state index < -0.39 is 5.97 Å². The number of aliphatic carboxylic acids is 1. The van der Waals surface area contributed by atoms with Gasteiger partial charge in [-0.2, -0.15) is 11.8 Å². The van der Waals surface area contributed by atoms with Gasteiger partial charge in [0.15, 0.2) is 0 Å². The summed E-state index contributed by atoms with van der Waals surface area (Å²) in [6.07, 6.45) is 0.952. The van der Waals surface area contributed by atoms with Gasteiger partial charge >= 0.3 is 5.97 Å². The van der Waals surface area contributed by atoms with Gasteiger partial charge in [0, 0.05) is 43.5 Å². The minimum atomic E-state index is -0.827. The van der Waals surface area contributed by atoms with Crippen molar-refractivity contribution in [1.82, 2.24) is 10.2 Å². The van der Waals surface area contributed by atoms with Crippen molar-refractivity contribution in [3.8, 4) is 0 Å². The Morgan fingerprint density at radius 1 is 1.29 bits per heavy atom. The van der Waals surface area contributed by atoms with Crippen molar-refractivity contribution in [2.75, 3.05) is 25.9 Å². The molecule has 0 aliphatic heterocycles. The molecule has 0 saturated heterocycles. The van der Waals surface area contributed by atoms with Crippen LogP contribution in [0.3, 0.4) is 0 Å². The summed E-state index contributed by atoms with van der Waals surface area (Å²) in [4.78, 5) is 24.5. The molecule has 134 valence electrons. The number of hydrogen-bond acceptors (Lipinski definition) is 4. The van der Waals surface area contributed by atoms with Gasteiger partial charge in [-0.05, 0) is 19.0 Å².